The molecule has 0 heterocycles. The van der Waals surface area contributed by atoms with Gasteiger partial charge in [0.15, 0.2) is 0 Å². The topological polar surface area (TPSA) is 12.0 Å². The summed E-state index contributed by atoms with van der Waals surface area (Å²) in [6.07, 6.45) is 6.40. The zero-order valence-corrected chi connectivity index (χ0v) is 14.1. The molecule has 1 N–H and O–H groups in total. The van der Waals surface area contributed by atoms with E-state index in [1.165, 1.54) is 37.7 Å². The van der Waals surface area contributed by atoms with E-state index in [2.05, 4.69) is 57.2 Å². The SMILES string of the molecule is C.C=C(NCCC)[C@H]1CC(C[B]C)CC2Cc3ccccc3C21. The van der Waals surface area contributed by atoms with Crippen molar-refractivity contribution < 1.29 is 0 Å². The number of benzene rings is 1. The van der Waals surface area contributed by atoms with E-state index in [0.29, 0.717) is 11.8 Å². The van der Waals surface area contributed by atoms with E-state index in [4.69, 9.17) is 0 Å². The van der Waals surface area contributed by atoms with Gasteiger partial charge in [-0.2, -0.15) is 0 Å². The molecule has 1 fully saturated rings. The Labute approximate surface area is 144 Å². The maximum absolute atomic E-state index is 4.42. The zero-order chi connectivity index (χ0) is 15.5. The molecular weight excluding hydrogens is 277 g/mol. The van der Waals surface area contributed by atoms with Gasteiger partial charge in [-0.25, -0.2) is 0 Å². The molecule has 0 bridgehead atoms. The molecule has 125 valence electrons. The normalized spacial score (nSPS) is 28.3. The summed E-state index contributed by atoms with van der Waals surface area (Å²) in [5.74, 6) is 2.96. The van der Waals surface area contributed by atoms with Crippen molar-refractivity contribution in [2.45, 2.75) is 59.1 Å². The molecule has 0 aromatic heterocycles. The lowest BCUT2D eigenvalue weighted by atomic mass is 9.60. The highest BCUT2D eigenvalue weighted by atomic mass is 14.9. The van der Waals surface area contributed by atoms with Gasteiger partial charge in [-0.3, -0.25) is 0 Å². The van der Waals surface area contributed by atoms with Gasteiger partial charge in [0.05, 0.1) is 0 Å². The van der Waals surface area contributed by atoms with Crippen molar-refractivity contribution >= 4 is 7.28 Å². The van der Waals surface area contributed by atoms with Crippen LogP contribution in [0.2, 0.25) is 13.1 Å². The Bertz CT molecular complexity index is 524. The summed E-state index contributed by atoms with van der Waals surface area (Å²) in [6, 6.07) is 9.12. The largest absolute Gasteiger partial charge is 0.389 e. The second-order valence-electron chi connectivity index (χ2n) is 7.23. The Morgan fingerprint density at radius 3 is 2.83 bits per heavy atom. The van der Waals surface area contributed by atoms with E-state index < -0.39 is 0 Å². The molecule has 0 spiro atoms. The zero-order valence-electron chi connectivity index (χ0n) is 14.1. The lowest BCUT2D eigenvalue weighted by Crippen LogP contribution is -2.34. The number of rotatable bonds is 6. The smallest absolute Gasteiger partial charge is 0.106 e. The maximum atomic E-state index is 4.42. The summed E-state index contributed by atoms with van der Waals surface area (Å²) in [7, 11) is 2.35. The van der Waals surface area contributed by atoms with Gasteiger partial charge < -0.3 is 5.32 Å². The van der Waals surface area contributed by atoms with Crippen molar-refractivity contribution in [2.24, 2.45) is 17.8 Å². The molecule has 1 radical (unpaired) electrons. The van der Waals surface area contributed by atoms with Crippen molar-refractivity contribution in [1.29, 1.82) is 0 Å². The Morgan fingerprint density at radius 1 is 1.30 bits per heavy atom. The molecule has 23 heavy (non-hydrogen) atoms. The van der Waals surface area contributed by atoms with Crippen LogP contribution in [0, 0.1) is 17.8 Å². The highest BCUT2D eigenvalue weighted by Crippen LogP contribution is 2.53. The van der Waals surface area contributed by atoms with Crippen molar-refractivity contribution in [3.05, 3.63) is 47.7 Å². The van der Waals surface area contributed by atoms with Gasteiger partial charge in [-0.1, -0.05) is 58.3 Å². The third-order valence-corrected chi connectivity index (χ3v) is 5.68. The third kappa shape index (κ3) is 3.67. The van der Waals surface area contributed by atoms with E-state index >= 15 is 0 Å². The Hall–Kier alpha value is -1.18. The first-order chi connectivity index (χ1) is 10.7. The molecule has 0 aliphatic heterocycles. The van der Waals surface area contributed by atoms with Crippen LogP contribution in [-0.4, -0.2) is 13.8 Å². The van der Waals surface area contributed by atoms with Crippen molar-refractivity contribution in [3.63, 3.8) is 0 Å². The fourth-order valence-corrected chi connectivity index (χ4v) is 4.82. The summed E-state index contributed by atoms with van der Waals surface area (Å²) < 4.78 is 0. The molecular formula is C21H33BN. The quantitative estimate of drug-likeness (QED) is 0.704. The Balaban J connectivity index is 0.00000192. The van der Waals surface area contributed by atoms with Crippen LogP contribution in [0.15, 0.2) is 36.5 Å². The highest BCUT2D eigenvalue weighted by molar-refractivity contribution is 6.33. The van der Waals surface area contributed by atoms with Crippen LogP contribution in [0.5, 0.6) is 0 Å². The van der Waals surface area contributed by atoms with Crippen LogP contribution < -0.4 is 5.32 Å². The molecule has 1 aromatic carbocycles. The minimum absolute atomic E-state index is 0. The van der Waals surface area contributed by atoms with Gasteiger partial charge in [0.2, 0.25) is 0 Å². The summed E-state index contributed by atoms with van der Waals surface area (Å²) in [4.78, 5) is 0. The molecule has 3 rings (SSSR count). The molecule has 1 nitrogen and oxygen atoms in total. The lowest BCUT2D eigenvalue weighted by Gasteiger charge is -2.40. The fraction of sp³-hybridized carbons (Fsp3) is 0.619. The summed E-state index contributed by atoms with van der Waals surface area (Å²) in [5.41, 5.74) is 4.48. The van der Waals surface area contributed by atoms with Gasteiger partial charge in [0.1, 0.15) is 7.28 Å². The second kappa shape index (κ2) is 8.08. The third-order valence-electron chi connectivity index (χ3n) is 5.68. The predicted molar refractivity (Wildman–Crippen MR) is 103 cm³/mol. The number of fused-ring (bicyclic) bond motifs is 3. The minimum atomic E-state index is 0. The van der Waals surface area contributed by atoms with Gasteiger partial charge in [-0.15, -0.1) is 0 Å². The molecule has 0 saturated heterocycles. The van der Waals surface area contributed by atoms with Crippen LogP contribution in [0.1, 0.15) is 50.7 Å². The lowest BCUT2D eigenvalue weighted by molar-refractivity contribution is 0.199. The monoisotopic (exact) mass is 310 g/mol. The number of hydrogen-bond acceptors (Lipinski definition) is 1. The van der Waals surface area contributed by atoms with Gasteiger partial charge in [0.25, 0.3) is 0 Å². The van der Waals surface area contributed by atoms with Crippen molar-refractivity contribution in [2.75, 3.05) is 6.54 Å². The van der Waals surface area contributed by atoms with Crippen molar-refractivity contribution in [3.8, 4) is 0 Å². The van der Waals surface area contributed by atoms with E-state index in [9.17, 15) is 0 Å². The molecule has 1 saturated carbocycles. The van der Waals surface area contributed by atoms with Crippen LogP contribution in [0.25, 0.3) is 0 Å². The summed E-state index contributed by atoms with van der Waals surface area (Å²) in [6.45, 7) is 9.91. The average Bonchev–Trinajstić information content (AvgIpc) is 2.90. The van der Waals surface area contributed by atoms with Crippen LogP contribution in [0.3, 0.4) is 0 Å². The van der Waals surface area contributed by atoms with E-state index in [1.807, 2.05) is 0 Å². The minimum Gasteiger partial charge on any atom is -0.389 e. The predicted octanol–water partition coefficient (Wildman–Crippen LogP) is 5.29. The standard InChI is InChI=1S/C20H29BN.CH4/c1-4-9-22-14(2)19-11-15(13-21-3)10-17-12-16-7-5-6-8-18(16)20(17)19;/h5-8,15,17,19-20,22H,2,4,9-13H2,1,3H3;1H4/t15?,17?,19-,20?;/m1./s1. The van der Waals surface area contributed by atoms with Crippen molar-refractivity contribution in [1.82, 2.24) is 5.32 Å². The summed E-state index contributed by atoms with van der Waals surface area (Å²) >= 11 is 0. The maximum Gasteiger partial charge on any atom is 0.106 e. The molecule has 2 aliphatic carbocycles. The fourth-order valence-electron chi connectivity index (χ4n) is 4.82. The molecule has 2 heteroatoms. The van der Waals surface area contributed by atoms with Gasteiger partial charge in [0, 0.05) is 18.2 Å². The number of allylic oxidation sites excluding steroid dienone is 1. The molecule has 1 aromatic rings. The van der Waals surface area contributed by atoms with Crippen LogP contribution >= 0.6 is 0 Å². The Kier molecular flexibility index (Phi) is 6.38. The number of nitrogens with one attached hydrogen (secondary N) is 1. The first-order valence-electron chi connectivity index (χ1n) is 9.02. The number of hydrogen-bond donors (Lipinski definition) is 1. The van der Waals surface area contributed by atoms with E-state index in [1.54, 1.807) is 11.1 Å². The van der Waals surface area contributed by atoms with Gasteiger partial charge in [-0.05, 0) is 54.6 Å². The van der Waals surface area contributed by atoms with E-state index in [-0.39, 0.29) is 7.43 Å². The van der Waals surface area contributed by atoms with Gasteiger partial charge >= 0.3 is 0 Å². The molecule has 0 amide bonds. The first-order valence-corrected chi connectivity index (χ1v) is 9.02. The molecule has 2 aliphatic rings. The average molecular weight is 310 g/mol. The second-order valence-corrected chi connectivity index (χ2v) is 7.23. The molecule has 3 unspecified atom stereocenters. The van der Waals surface area contributed by atoms with Crippen LogP contribution in [-0.2, 0) is 6.42 Å². The summed E-state index contributed by atoms with van der Waals surface area (Å²) in [5, 5.41) is 3.60. The van der Waals surface area contributed by atoms with E-state index in [0.717, 1.165) is 18.4 Å². The highest BCUT2D eigenvalue weighted by Gasteiger charge is 2.43. The molecule has 4 atom stereocenters. The first kappa shape index (κ1) is 18.2. The Morgan fingerprint density at radius 2 is 2.09 bits per heavy atom. The van der Waals surface area contributed by atoms with Crippen LogP contribution in [0.4, 0.5) is 0 Å².